The molecular weight excluding hydrogens is 384 g/mol. The third kappa shape index (κ3) is 3.93. The van der Waals surface area contributed by atoms with Crippen LogP contribution >= 0.6 is 11.6 Å². The molecule has 5 nitrogen and oxygen atoms in total. The largest absolute Gasteiger partial charge is 0.392 e. The molecule has 0 unspecified atom stereocenters. The van der Waals surface area contributed by atoms with Crippen molar-refractivity contribution in [1.29, 1.82) is 10.5 Å². The van der Waals surface area contributed by atoms with Crippen molar-refractivity contribution in [2.24, 2.45) is 0 Å². The van der Waals surface area contributed by atoms with Crippen molar-refractivity contribution in [3.8, 4) is 23.3 Å². The SMILES string of the molecule is C/C=C/c1c(C#N)c(-c2ccc(C#N)cc2)c(C)n1Cc1cnc(Cl)c(CO)c1. The molecule has 3 rings (SSSR count). The van der Waals surface area contributed by atoms with E-state index in [1.807, 2.05) is 44.2 Å². The predicted octanol–water partition coefficient (Wildman–Crippen LogP) is 4.83. The quantitative estimate of drug-likeness (QED) is 0.619. The van der Waals surface area contributed by atoms with Crippen LogP contribution in [0.2, 0.25) is 5.15 Å². The second kappa shape index (κ2) is 8.75. The van der Waals surface area contributed by atoms with E-state index in [1.165, 1.54) is 0 Å². The number of hydrogen-bond acceptors (Lipinski definition) is 4. The first-order valence-electron chi connectivity index (χ1n) is 9.04. The van der Waals surface area contributed by atoms with Gasteiger partial charge < -0.3 is 9.67 Å². The highest BCUT2D eigenvalue weighted by molar-refractivity contribution is 6.30. The summed E-state index contributed by atoms with van der Waals surface area (Å²) in [7, 11) is 0. The van der Waals surface area contributed by atoms with Gasteiger partial charge in [-0.25, -0.2) is 4.98 Å². The number of benzene rings is 1. The molecular formula is C23H19ClN4O. The molecule has 0 saturated heterocycles. The van der Waals surface area contributed by atoms with Crippen LogP contribution in [0, 0.1) is 29.6 Å². The fraction of sp³-hybridized carbons (Fsp3) is 0.174. The fourth-order valence-electron chi connectivity index (χ4n) is 3.40. The average Bonchev–Trinajstić information content (AvgIpc) is 3.00. The normalized spacial score (nSPS) is 10.8. The topological polar surface area (TPSA) is 85.6 Å². The highest BCUT2D eigenvalue weighted by Crippen LogP contribution is 2.34. The van der Waals surface area contributed by atoms with Gasteiger partial charge in [-0.05, 0) is 49.2 Å². The minimum atomic E-state index is -0.189. The third-order valence-corrected chi connectivity index (χ3v) is 5.12. The summed E-state index contributed by atoms with van der Waals surface area (Å²) in [6.45, 7) is 4.17. The molecule has 144 valence electrons. The lowest BCUT2D eigenvalue weighted by Gasteiger charge is -2.11. The Kier molecular flexibility index (Phi) is 6.14. The summed E-state index contributed by atoms with van der Waals surface area (Å²) in [5.74, 6) is 0. The number of hydrogen-bond donors (Lipinski definition) is 1. The molecule has 2 heterocycles. The van der Waals surface area contributed by atoms with E-state index in [1.54, 1.807) is 18.3 Å². The number of pyridine rings is 1. The van der Waals surface area contributed by atoms with Gasteiger partial charge in [-0.1, -0.05) is 29.8 Å². The van der Waals surface area contributed by atoms with Gasteiger partial charge in [-0.3, -0.25) is 0 Å². The van der Waals surface area contributed by atoms with Crippen LogP contribution in [0.1, 0.15) is 40.6 Å². The highest BCUT2D eigenvalue weighted by atomic mass is 35.5. The van der Waals surface area contributed by atoms with Gasteiger partial charge in [0.25, 0.3) is 0 Å². The average molecular weight is 403 g/mol. The standard InChI is InChI=1S/C23H19ClN4O/c1-3-4-21-20(11-26)22(18-7-5-16(10-25)6-8-18)15(2)28(21)13-17-9-19(14-29)23(24)27-12-17/h3-9,12,29H,13-14H2,1-2H3/b4-3+. The van der Waals surface area contributed by atoms with Gasteiger partial charge in [-0.15, -0.1) is 0 Å². The Balaban J connectivity index is 2.18. The van der Waals surface area contributed by atoms with Crippen molar-refractivity contribution in [3.05, 3.63) is 81.4 Å². The maximum Gasteiger partial charge on any atom is 0.134 e. The molecule has 29 heavy (non-hydrogen) atoms. The van der Waals surface area contributed by atoms with E-state index in [-0.39, 0.29) is 11.8 Å². The van der Waals surface area contributed by atoms with Crippen molar-refractivity contribution in [2.45, 2.75) is 27.0 Å². The summed E-state index contributed by atoms with van der Waals surface area (Å²) in [5.41, 5.74) is 6.04. The number of nitrogens with zero attached hydrogens (tertiary/aromatic N) is 4. The maximum atomic E-state index is 9.90. The molecule has 1 aromatic carbocycles. The van der Waals surface area contributed by atoms with Crippen molar-refractivity contribution in [2.75, 3.05) is 0 Å². The fourth-order valence-corrected chi connectivity index (χ4v) is 3.56. The minimum absolute atomic E-state index is 0.189. The van der Waals surface area contributed by atoms with E-state index < -0.39 is 0 Å². The molecule has 2 aromatic heterocycles. The zero-order valence-electron chi connectivity index (χ0n) is 16.1. The molecule has 0 saturated carbocycles. The van der Waals surface area contributed by atoms with Gasteiger partial charge in [0, 0.05) is 29.6 Å². The second-order valence-corrected chi connectivity index (χ2v) is 6.92. The molecule has 0 fully saturated rings. The Morgan fingerprint density at radius 2 is 1.93 bits per heavy atom. The highest BCUT2D eigenvalue weighted by Gasteiger charge is 2.20. The lowest BCUT2D eigenvalue weighted by Crippen LogP contribution is -2.06. The van der Waals surface area contributed by atoms with Crippen LogP contribution in [0.15, 0.2) is 42.6 Å². The molecule has 0 amide bonds. The molecule has 0 atom stereocenters. The van der Waals surface area contributed by atoms with Crippen LogP contribution in [0.3, 0.4) is 0 Å². The van der Waals surface area contributed by atoms with Gasteiger partial charge in [0.2, 0.25) is 0 Å². The number of rotatable bonds is 5. The maximum absolute atomic E-state index is 9.90. The van der Waals surface area contributed by atoms with E-state index in [0.717, 1.165) is 28.1 Å². The number of allylic oxidation sites excluding steroid dienone is 1. The summed E-state index contributed by atoms with van der Waals surface area (Å²) in [5, 5.41) is 28.7. The molecule has 0 aliphatic carbocycles. The Labute approximate surface area is 174 Å². The van der Waals surface area contributed by atoms with E-state index in [4.69, 9.17) is 16.9 Å². The Hall–Kier alpha value is -3.38. The second-order valence-electron chi connectivity index (χ2n) is 6.56. The van der Waals surface area contributed by atoms with Gasteiger partial charge in [-0.2, -0.15) is 10.5 Å². The van der Waals surface area contributed by atoms with Gasteiger partial charge in [0.05, 0.1) is 29.5 Å². The molecule has 0 spiro atoms. The first kappa shape index (κ1) is 20.4. The van der Waals surface area contributed by atoms with Crippen LogP contribution in [0.4, 0.5) is 0 Å². The third-order valence-electron chi connectivity index (χ3n) is 4.78. The lowest BCUT2D eigenvalue weighted by atomic mass is 10.00. The number of nitriles is 2. The van der Waals surface area contributed by atoms with E-state index in [2.05, 4.69) is 21.7 Å². The van der Waals surface area contributed by atoms with E-state index >= 15 is 0 Å². The van der Waals surface area contributed by atoms with Gasteiger partial charge >= 0.3 is 0 Å². The zero-order valence-corrected chi connectivity index (χ0v) is 16.9. The lowest BCUT2D eigenvalue weighted by molar-refractivity contribution is 0.281. The van der Waals surface area contributed by atoms with Crippen molar-refractivity contribution >= 4 is 17.7 Å². The van der Waals surface area contributed by atoms with Crippen LogP contribution in [0.5, 0.6) is 0 Å². The minimum Gasteiger partial charge on any atom is -0.392 e. The molecule has 0 bridgehead atoms. The van der Waals surface area contributed by atoms with Crippen molar-refractivity contribution in [1.82, 2.24) is 9.55 Å². The van der Waals surface area contributed by atoms with Crippen molar-refractivity contribution in [3.63, 3.8) is 0 Å². The number of aliphatic hydroxyl groups is 1. The summed E-state index contributed by atoms with van der Waals surface area (Å²) >= 11 is 6.01. The monoisotopic (exact) mass is 402 g/mol. The Morgan fingerprint density at radius 1 is 1.21 bits per heavy atom. The summed E-state index contributed by atoms with van der Waals surface area (Å²) < 4.78 is 2.05. The molecule has 6 heteroatoms. The van der Waals surface area contributed by atoms with Gasteiger partial charge in [0.1, 0.15) is 11.2 Å². The molecule has 0 radical (unpaired) electrons. The van der Waals surface area contributed by atoms with Crippen LogP contribution in [-0.2, 0) is 13.2 Å². The van der Waals surface area contributed by atoms with Crippen LogP contribution in [0.25, 0.3) is 17.2 Å². The van der Waals surface area contributed by atoms with Crippen LogP contribution < -0.4 is 0 Å². The first-order valence-corrected chi connectivity index (χ1v) is 9.42. The molecule has 0 aliphatic heterocycles. The van der Waals surface area contributed by atoms with E-state index in [0.29, 0.717) is 23.2 Å². The summed E-state index contributed by atoms with van der Waals surface area (Å²) in [6.07, 6.45) is 5.48. The Morgan fingerprint density at radius 3 is 2.52 bits per heavy atom. The summed E-state index contributed by atoms with van der Waals surface area (Å²) in [6, 6.07) is 13.5. The predicted molar refractivity (Wildman–Crippen MR) is 113 cm³/mol. The van der Waals surface area contributed by atoms with Crippen molar-refractivity contribution < 1.29 is 5.11 Å². The molecule has 1 N–H and O–H groups in total. The van der Waals surface area contributed by atoms with Crippen LogP contribution in [-0.4, -0.2) is 14.7 Å². The first-order chi connectivity index (χ1) is 14.0. The number of aromatic nitrogens is 2. The molecule has 3 aromatic rings. The number of halogens is 1. The smallest absolute Gasteiger partial charge is 0.134 e. The molecule has 0 aliphatic rings. The van der Waals surface area contributed by atoms with E-state index in [9.17, 15) is 10.4 Å². The number of aliphatic hydroxyl groups excluding tert-OH is 1. The zero-order chi connectivity index (χ0) is 21.0. The Bertz CT molecular complexity index is 1160. The summed E-state index contributed by atoms with van der Waals surface area (Å²) in [4.78, 5) is 4.16. The van der Waals surface area contributed by atoms with Gasteiger partial charge in [0.15, 0.2) is 0 Å².